The molecule has 409 valence electrons. The fourth-order valence-corrected chi connectivity index (χ4v) is 7.78. The van der Waals surface area contributed by atoms with Crippen molar-refractivity contribution in [1.29, 1.82) is 0 Å². The van der Waals surface area contributed by atoms with Crippen molar-refractivity contribution in [2.24, 2.45) is 0 Å². The Bertz CT molecular complexity index is 2110. The average molecular weight is 1270 g/mol. The molecule has 2 aliphatic rings. The van der Waals surface area contributed by atoms with E-state index >= 15 is 0 Å². The van der Waals surface area contributed by atoms with Gasteiger partial charge in [-0.3, -0.25) is 0 Å². The molecule has 6 rings (SSSR count). The summed E-state index contributed by atoms with van der Waals surface area (Å²) in [5, 5.41) is 0. The van der Waals surface area contributed by atoms with Crippen LogP contribution in [0.1, 0.15) is 95.9 Å². The largest absolute Gasteiger partial charge is 0.416 e. The van der Waals surface area contributed by atoms with Gasteiger partial charge in [-0.1, -0.05) is 97.1 Å². The first kappa shape index (κ1) is 63.2. The second-order valence-electron chi connectivity index (χ2n) is 16.4. The van der Waals surface area contributed by atoms with Crippen molar-refractivity contribution in [3.05, 3.63) is 166 Å². The van der Waals surface area contributed by atoms with Crippen molar-refractivity contribution in [1.82, 2.24) is 0 Å². The Morgan fingerprint density at radius 1 is 0.203 bits per heavy atom. The van der Waals surface area contributed by atoms with E-state index in [4.69, 9.17) is 0 Å². The fraction of sp³-hybridized carbons (Fsp3) is 0.333. The van der Waals surface area contributed by atoms with E-state index in [1.807, 2.05) is 0 Å². The number of alkyl halides is 24. The van der Waals surface area contributed by atoms with Crippen LogP contribution in [0.25, 0.3) is 0 Å². The van der Waals surface area contributed by atoms with Gasteiger partial charge in [0, 0.05) is 20.1 Å². The Balaban J connectivity index is 0.000000717. The van der Waals surface area contributed by atoms with Gasteiger partial charge in [0.1, 0.15) is 6.15 Å². The molecule has 1 radical (unpaired) electrons. The summed E-state index contributed by atoms with van der Waals surface area (Å²) < 4.78 is 341. The molecule has 0 atom stereocenters. The summed E-state index contributed by atoms with van der Waals surface area (Å²) in [4.78, 5) is 0. The van der Waals surface area contributed by atoms with Gasteiger partial charge >= 0.3 is 49.4 Å². The summed E-state index contributed by atoms with van der Waals surface area (Å²) >= 11 is 0. The number of allylic oxidation sites excluding steroid dienone is 8. The van der Waals surface area contributed by atoms with E-state index in [1.54, 1.807) is 0 Å². The number of benzene rings is 4. The van der Waals surface area contributed by atoms with Crippen LogP contribution >= 0.6 is 0 Å². The molecule has 0 unspecified atom stereocenters. The Hall–Kier alpha value is -5.13. The van der Waals surface area contributed by atoms with Crippen LogP contribution in [-0.4, -0.2) is 6.15 Å². The smallest absolute Gasteiger partial charge is 0.194 e. The van der Waals surface area contributed by atoms with E-state index in [-0.39, 0.29) is 20.1 Å². The fourth-order valence-electron chi connectivity index (χ4n) is 7.78. The molecule has 74 heavy (non-hydrogen) atoms. The predicted molar refractivity (Wildman–Crippen MR) is 224 cm³/mol. The van der Waals surface area contributed by atoms with Crippen LogP contribution < -0.4 is 21.9 Å². The number of halogens is 24. The van der Waals surface area contributed by atoms with Gasteiger partial charge in [0.05, 0.1) is 44.5 Å². The molecule has 0 saturated heterocycles. The second-order valence-corrected chi connectivity index (χ2v) is 16.4. The molecular formula is C48H36BF24Ir-. The van der Waals surface area contributed by atoms with Crippen LogP contribution in [0.2, 0.25) is 0 Å². The number of hydrogen-bond donors (Lipinski definition) is 0. The number of rotatable bonds is 4. The second kappa shape index (κ2) is 23.8. The van der Waals surface area contributed by atoms with E-state index in [2.05, 4.69) is 48.6 Å². The van der Waals surface area contributed by atoms with Gasteiger partial charge in [-0.15, -0.1) is 0 Å². The molecular weight excluding hydrogens is 1240 g/mol. The maximum atomic E-state index is 14.2. The van der Waals surface area contributed by atoms with Gasteiger partial charge in [0.15, 0.2) is 0 Å². The van der Waals surface area contributed by atoms with Gasteiger partial charge in [-0.2, -0.15) is 127 Å². The standard InChI is InChI=1S/C32H12BF24.2C8H12.Ir/c34-25(35,36)13-1-14(26(37,38)39)6-21(5-13)33(22-7-15(27(40,41)42)2-16(8-22)28(43,44)45,23-9-17(29(46,47)48)3-18(10-23)30(49,50)51)24-11-19(31(52,53)54)4-20(12-24)32(55,56)57;2*1-2-4-6-8-7-5-3-1;/h1-12H;2*1-2,7-8H,3-6H2;/q-1;;;/b;2*2-1-,8-7-;. The summed E-state index contributed by atoms with van der Waals surface area (Å²) in [5.74, 6) is 0. The van der Waals surface area contributed by atoms with Crippen LogP contribution in [0, 0.1) is 0 Å². The number of hydrogen-bond acceptors (Lipinski definition) is 0. The molecule has 0 aliphatic heterocycles. The summed E-state index contributed by atoms with van der Waals surface area (Å²) in [6, 6.07) is -8.81. The maximum Gasteiger partial charge on any atom is 0.416 e. The predicted octanol–water partition coefficient (Wildman–Crippen LogP) is 16.6. The molecule has 0 fully saturated rings. The Morgan fingerprint density at radius 2 is 0.311 bits per heavy atom. The van der Waals surface area contributed by atoms with Crippen LogP contribution in [0.3, 0.4) is 0 Å². The molecule has 4 aromatic carbocycles. The Morgan fingerprint density at radius 3 is 0.405 bits per heavy atom. The normalized spacial score (nSPS) is 17.1. The molecule has 0 amide bonds. The summed E-state index contributed by atoms with van der Waals surface area (Å²) in [5.41, 5.74) is -30.2. The molecule has 0 N–H and O–H groups in total. The third-order valence-corrected chi connectivity index (χ3v) is 11.1. The molecule has 26 heteroatoms. The van der Waals surface area contributed by atoms with Crippen molar-refractivity contribution in [3.8, 4) is 0 Å². The zero-order chi connectivity index (χ0) is 55.2. The quantitative estimate of drug-likeness (QED) is 0.109. The minimum Gasteiger partial charge on any atom is -0.194 e. The van der Waals surface area contributed by atoms with Gasteiger partial charge in [-0.05, 0) is 75.6 Å². The van der Waals surface area contributed by atoms with E-state index in [0.29, 0.717) is 0 Å². The topological polar surface area (TPSA) is 0 Å². The van der Waals surface area contributed by atoms with E-state index in [9.17, 15) is 105 Å². The molecule has 4 aromatic rings. The van der Waals surface area contributed by atoms with Crippen LogP contribution in [0.5, 0.6) is 0 Å². The summed E-state index contributed by atoms with van der Waals surface area (Å²) in [6.07, 6.45) is -26.8. The minimum atomic E-state index is -6.13. The van der Waals surface area contributed by atoms with Gasteiger partial charge in [0.2, 0.25) is 0 Å². The summed E-state index contributed by atoms with van der Waals surface area (Å²) in [6.45, 7) is 0. The van der Waals surface area contributed by atoms with Gasteiger partial charge in [0.25, 0.3) is 0 Å². The van der Waals surface area contributed by atoms with Gasteiger partial charge in [-0.25, -0.2) is 0 Å². The molecule has 0 heterocycles. The van der Waals surface area contributed by atoms with Crippen LogP contribution in [0.15, 0.2) is 121 Å². The molecule has 0 saturated carbocycles. The third-order valence-electron chi connectivity index (χ3n) is 11.1. The Labute approximate surface area is 419 Å². The monoisotopic (exact) mass is 1270 g/mol. The first-order valence-corrected chi connectivity index (χ1v) is 21.2. The van der Waals surface area contributed by atoms with E-state index in [1.165, 1.54) is 51.4 Å². The zero-order valence-electron chi connectivity index (χ0n) is 37.2. The Kier molecular flexibility index (Phi) is 20.3. The van der Waals surface area contributed by atoms with Crippen LogP contribution in [0.4, 0.5) is 105 Å². The molecule has 0 aromatic heterocycles. The average Bonchev–Trinajstić information content (AvgIpc) is 3.21. The van der Waals surface area contributed by atoms with E-state index < -0.39 is 195 Å². The SMILES string of the molecule is C1=C\CC/C=C\CC/1.C1=C\CC/C=C\CC/1.FC(F)(F)c1cc([B-](c2cc(C(F)(F)F)cc(C(F)(F)F)c2)(c2cc(C(F)(F)F)cc(C(F)(F)F)c2)c2cc(C(F)(F)F)cc(C(F)(F)F)c2)cc(C(F)(F)F)c1.[Ir]. The third kappa shape index (κ3) is 16.9. The maximum absolute atomic E-state index is 14.2. The molecule has 0 nitrogen and oxygen atoms in total. The zero-order valence-corrected chi connectivity index (χ0v) is 39.6. The van der Waals surface area contributed by atoms with Crippen molar-refractivity contribution >= 4 is 28.0 Å². The van der Waals surface area contributed by atoms with Gasteiger partial charge < -0.3 is 0 Å². The van der Waals surface area contributed by atoms with E-state index in [0.717, 1.165) is 0 Å². The first-order valence-electron chi connectivity index (χ1n) is 21.2. The van der Waals surface area contributed by atoms with Crippen LogP contribution in [-0.2, 0) is 69.5 Å². The van der Waals surface area contributed by atoms with Crippen molar-refractivity contribution < 1.29 is 125 Å². The summed E-state index contributed by atoms with van der Waals surface area (Å²) in [7, 11) is 0. The molecule has 2 aliphatic carbocycles. The molecule has 0 bridgehead atoms. The minimum absolute atomic E-state index is 0. The molecule has 0 spiro atoms. The first-order chi connectivity index (χ1) is 33.3. The van der Waals surface area contributed by atoms with Crippen molar-refractivity contribution in [3.63, 3.8) is 0 Å². The van der Waals surface area contributed by atoms with Crippen molar-refractivity contribution in [2.75, 3.05) is 0 Å². The van der Waals surface area contributed by atoms with Crippen molar-refractivity contribution in [2.45, 2.75) is 101 Å².